The Morgan fingerprint density at radius 3 is 2.43 bits per heavy atom. The predicted molar refractivity (Wildman–Crippen MR) is 87.1 cm³/mol. The van der Waals surface area contributed by atoms with E-state index in [-0.39, 0.29) is 30.9 Å². The molecule has 1 unspecified atom stereocenters. The molecule has 23 heavy (non-hydrogen) atoms. The van der Waals surface area contributed by atoms with Gasteiger partial charge < -0.3 is 15.7 Å². The Morgan fingerprint density at radius 1 is 1.09 bits per heavy atom. The van der Waals surface area contributed by atoms with Crippen molar-refractivity contribution in [1.29, 1.82) is 0 Å². The summed E-state index contributed by atoms with van der Waals surface area (Å²) in [4.78, 5) is 11.9. The summed E-state index contributed by atoms with van der Waals surface area (Å²) in [6, 6.07) is 15.6. The van der Waals surface area contributed by atoms with Crippen molar-refractivity contribution in [3.63, 3.8) is 0 Å². The molecule has 4 nitrogen and oxygen atoms in total. The van der Waals surface area contributed by atoms with Crippen LogP contribution in [0.3, 0.4) is 0 Å². The molecule has 0 aliphatic heterocycles. The number of aliphatic hydroxyl groups excluding tert-OH is 1. The lowest BCUT2D eigenvalue weighted by Gasteiger charge is -2.18. The van der Waals surface area contributed by atoms with Crippen molar-refractivity contribution in [3.05, 3.63) is 71.5 Å². The molecule has 0 saturated heterocycles. The summed E-state index contributed by atoms with van der Waals surface area (Å²) in [7, 11) is 0. The molecule has 0 radical (unpaired) electrons. The van der Waals surface area contributed by atoms with Crippen LogP contribution in [-0.2, 0) is 11.3 Å². The van der Waals surface area contributed by atoms with Crippen LogP contribution in [0.25, 0.3) is 0 Å². The Hall–Kier alpha value is -2.24. The molecule has 0 bridgehead atoms. The van der Waals surface area contributed by atoms with Gasteiger partial charge >= 0.3 is 0 Å². The first-order valence-corrected chi connectivity index (χ1v) is 7.59. The zero-order chi connectivity index (χ0) is 16.5. The van der Waals surface area contributed by atoms with Gasteiger partial charge in [0.15, 0.2) is 0 Å². The van der Waals surface area contributed by atoms with Gasteiger partial charge in [0.1, 0.15) is 5.82 Å². The van der Waals surface area contributed by atoms with Crippen molar-refractivity contribution >= 4 is 5.91 Å². The number of hydrogen-bond donors (Lipinski definition) is 3. The zero-order valence-corrected chi connectivity index (χ0v) is 12.8. The number of halogens is 1. The molecular weight excluding hydrogens is 295 g/mol. The number of rotatable bonds is 8. The first-order chi connectivity index (χ1) is 11.2. The van der Waals surface area contributed by atoms with E-state index in [0.717, 1.165) is 11.1 Å². The van der Waals surface area contributed by atoms with Gasteiger partial charge in [-0.05, 0) is 29.7 Å². The van der Waals surface area contributed by atoms with Crippen LogP contribution in [0.5, 0.6) is 0 Å². The molecule has 0 fully saturated rings. The van der Waals surface area contributed by atoms with E-state index < -0.39 is 0 Å². The molecule has 0 aliphatic rings. The van der Waals surface area contributed by atoms with E-state index in [9.17, 15) is 9.18 Å². The number of amides is 1. The van der Waals surface area contributed by atoms with Gasteiger partial charge in [0.05, 0.1) is 6.54 Å². The quantitative estimate of drug-likeness (QED) is 0.699. The van der Waals surface area contributed by atoms with Gasteiger partial charge in [-0.3, -0.25) is 4.79 Å². The molecule has 0 aliphatic carbocycles. The Bertz CT molecular complexity index is 602. The number of aliphatic hydroxyl groups is 1. The molecule has 2 rings (SSSR count). The van der Waals surface area contributed by atoms with Crippen LogP contribution >= 0.6 is 0 Å². The smallest absolute Gasteiger partial charge is 0.234 e. The standard InChI is InChI=1S/C18H21FN2O2/c19-16-8-6-14(7-9-16)12-21-18(23)13-20-17(10-11-22)15-4-2-1-3-5-15/h1-9,17,20,22H,10-13H2,(H,21,23). The van der Waals surface area contributed by atoms with Crippen molar-refractivity contribution in [2.45, 2.75) is 19.0 Å². The Morgan fingerprint density at radius 2 is 1.78 bits per heavy atom. The molecule has 2 aromatic rings. The third-order valence-corrected chi connectivity index (χ3v) is 3.53. The normalized spacial score (nSPS) is 11.9. The molecule has 3 N–H and O–H groups in total. The highest BCUT2D eigenvalue weighted by Crippen LogP contribution is 2.15. The second kappa shape index (κ2) is 9.02. The molecule has 0 saturated carbocycles. The first kappa shape index (κ1) is 17.1. The summed E-state index contributed by atoms with van der Waals surface area (Å²) in [5, 5.41) is 15.1. The molecular formula is C18H21FN2O2. The first-order valence-electron chi connectivity index (χ1n) is 7.59. The third kappa shape index (κ3) is 5.81. The van der Waals surface area contributed by atoms with Crippen LogP contribution in [0.4, 0.5) is 4.39 Å². The van der Waals surface area contributed by atoms with E-state index >= 15 is 0 Å². The Balaban J connectivity index is 1.80. The number of carbonyl (C=O) groups is 1. The van der Waals surface area contributed by atoms with Gasteiger partial charge in [-0.15, -0.1) is 0 Å². The molecule has 5 heteroatoms. The van der Waals surface area contributed by atoms with Crippen molar-refractivity contribution in [1.82, 2.24) is 10.6 Å². The third-order valence-electron chi connectivity index (χ3n) is 3.53. The molecule has 0 aromatic heterocycles. The van der Waals surface area contributed by atoms with Crippen LogP contribution in [0.15, 0.2) is 54.6 Å². The molecule has 2 aromatic carbocycles. The maximum absolute atomic E-state index is 12.8. The molecule has 122 valence electrons. The van der Waals surface area contributed by atoms with Crippen LogP contribution in [0, 0.1) is 5.82 Å². The Kier molecular flexibility index (Phi) is 6.72. The number of nitrogens with one attached hydrogen (secondary N) is 2. The van der Waals surface area contributed by atoms with Crippen molar-refractivity contribution in [2.24, 2.45) is 0 Å². The average molecular weight is 316 g/mol. The lowest BCUT2D eigenvalue weighted by atomic mass is 10.0. The molecule has 1 amide bonds. The highest BCUT2D eigenvalue weighted by Gasteiger charge is 2.11. The van der Waals surface area contributed by atoms with Crippen LogP contribution < -0.4 is 10.6 Å². The summed E-state index contributed by atoms with van der Waals surface area (Å²) < 4.78 is 12.8. The SMILES string of the molecule is O=C(CNC(CCO)c1ccccc1)NCc1ccc(F)cc1. The second-order valence-electron chi connectivity index (χ2n) is 5.26. The van der Waals surface area contributed by atoms with E-state index in [1.54, 1.807) is 12.1 Å². The summed E-state index contributed by atoms with van der Waals surface area (Å²) in [5.41, 5.74) is 1.88. The molecule has 0 heterocycles. The monoisotopic (exact) mass is 316 g/mol. The molecule has 1 atom stereocenters. The minimum absolute atomic E-state index is 0.0454. The highest BCUT2D eigenvalue weighted by atomic mass is 19.1. The van der Waals surface area contributed by atoms with Gasteiger partial charge in [0, 0.05) is 19.2 Å². The van der Waals surface area contributed by atoms with Crippen molar-refractivity contribution in [3.8, 4) is 0 Å². The fourth-order valence-electron chi connectivity index (χ4n) is 2.28. The number of carbonyl (C=O) groups excluding carboxylic acids is 1. The summed E-state index contributed by atoms with van der Waals surface area (Å²) >= 11 is 0. The van der Waals surface area contributed by atoms with Gasteiger partial charge in [-0.2, -0.15) is 0 Å². The summed E-state index contributed by atoms with van der Waals surface area (Å²) in [5.74, 6) is -0.440. The van der Waals surface area contributed by atoms with Crippen molar-refractivity contribution in [2.75, 3.05) is 13.2 Å². The van der Waals surface area contributed by atoms with Gasteiger partial charge in [-0.1, -0.05) is 42.5 Å². The van der Waals surface area contributed by atoms with Crippen molar-refractivity contribution < 1.29 is 14.3 Å². The largest absolute Gasteiger partial charge is 0.396 e. The fraction of sp³-hybridized carbons (Fsp3) is 0.278. The predicted octanol–water partition coefficient (Wildman–Crippen LogP) is 2.16. The number of hydrogen-bond acceptors (Lipinski definition) is 3. The summed E-state index contributed by atoms with van der Waals surface area (Å²) in [6.45, 7) is 0.557. The summed E-state index contributed by atoms with van der Waals surface area (Å²) in [6.07, 6.45) is 0.537. The van der Waals surface area contributed by atoms with E-state index in [0.29, 0.717) is 13.0 Å². The maximum Gasteiger partial charge on any atom is 0.234 e. The fourth-order valence-corrected chi connectivity index (χ4v) is 2.28. The van der Waals surface area contributed by atoms with E-state index in [2.05, 4.69) is 10.6 Å². The van der Waals surface area contributed by atoms with Crippen LogP contribution in [-0.4, -0.2) is 24.2 Å². The minimum Gasteiger partial charge on any atom is -0.396 e. The minimum atomic E-state index is -0.295. The van der Waals surface area contributed by atoms with E-state index in [4.69, 9.17) is 5.11 Å². The van der Waals surface area contributed by atoms with Crippen LogP contribution in [0.1, 0.15) is 23.6 Å². The van der Waals surface area contributed by atoms with E-state index in [1.807, 2.05) is 30.3 Å². The molecule has 0 spiro atoms. The average Bonchev–Trinajstić information content (AvgIpc) is 2.59. The lowest BCUT2D eigenvalue weighted by molar-refractivity contribution is -0.120. The highest BCUT2D eigenvalue weighted by molar-refractivity contribution is 5.78. The number of benzene rings is 2. The second-order valence-corrected chi connectivity index (χ2v) is 5.26. The Labute approximate surface area is 135 Å². The van der Waals surface area contributed by atoms with Gasteiger partial charge in [0.25, 0.3) is 0 Å². The van der Waals surface area contributed by atoms with Crippen LogP contribution in [0.2, 0.25) is 0 Å². The van der Waals surface area contributed by atoms with E-state index in [1.165, 1.54) is 12.1 Å². The topological polar surface area (TPSA) is 61.4 Å². The van der Waals surface area contributed by atoms with Gasteiger partial charge in [-0.25, -0.2) is 4.39 Å². The lowest BCUT2D eigenvalue weighted by Crippen LogP contribution is -2.35. The van der Waals surface area contributed by atoms with Gasteiger partial charge in [0.2, 0.25) is 5.91 Å². The zero-order valence-electron chi connectivity index (χ0n) is 12.8. The maximum atomic E-state index is 12.8.